The number of anilines is 1. The predicted molar refractivity (Wildman–Crippen MR) is 120 cm³/mol. The van der Waals surface area contributed by atoms with Gasteiger partial charge in [-0.05, 0) is 49.4 Å². The molecular weight excluding hydrogens is 416 g/mol. The first kappa shape index (κ1) is 22.3. The predicted octanol–water partition coefficient (Wildman–Crippen LogP) is 4.35. The molecule has 2 aromatic carbocycles. The molecule has 31 heavy (non-hydrogen) atoms. The third-order valence-electron chi connectivity index (χ3n) is 4.47. The summed E-state index contributed by atoms with van der Waals surface area (Å²) in [6.07, 6.45) is 1.55. The fraction of sp³-hybridized carbons (Fsp3) is 0.217. The molecule has 1 heterocycles. The number of rotatable bonds is 9. The van der Waals surface area contributed by atoms with Crippen molar-refractivity contribution in [3.63, 3.8) is 0 Å². The lowest BCUT2D eigenvalue weighted by Gasteiger charge is -2.15. The monoisotopic (exact) mass is 440 g/mol. The molecule has 1 unspecified atom stereocenters. The highest BCUT2D eigenvalue weighted by Gasteiger charge is 2.19. The van der Waals surface area contributed by atoms with Gasteiger partial charge in [-0.25, -0.2) is 0 Å². The Morgan fingerprint density at radius 1 is 1.03 bits per heavy atom. The fourth-order valence-electron chi connectivity index (χ4n) is 2.85. The molecule has 3 aromatic rings. The zero-order valence-electron chi connectivity index (χ0n) is 17.5. The number of carbonyl (C=O) groups excluding carboxylic acids is 2. The molecule has 2 amide bonds. The highest BCUT2D eigenvalue weighted by Crippen LogP contribution is 2.33. The number of benzene rings is 2. The number of thioether (sulfide) groups is 1. The summed E-state index contributed by atoms with van der Waals surface area (Å²) >= 11 is 1.38. The zero-order valence-corrected chi connectivity index (χ0v) is 18.3. The first-order valence-electron chi connectivity index (χ1n) is 9.61. The van der Waals surface area contributed by atoms with E-state index in [0.29, 0.717) is 28.5 Å². The maximum absolute atomic E-state index is 12.8. The smallest absolute Gasteiger partial charge is 0.253 e. The van der Waals surface area contributed by atoms with Crippen LogP contribution in [0.4, 0.5) is 5.69 Å². The van der Waals surface area contributed by atoms with Crippen molar-refractivity contribution in [3.8, 4) is 11.5 Å². The maximum Gasteiger partial charge on any atom is 0.253 e. The van der Waals surface area contributed by atoms with Crippen molar-refractivity contribution in [1.29, 1.82) is 0 Å². The normalized spacial score (nSPS) is 11.5. The molecule has 0 fully saturated rings. The van der Waals surface area contributed by atoms with Gasteiger partial charge in [-0.1, -0.05) is 12.1 Å². The minimum Gasteiger partial charge on any atom is -0.493 e. The second-order valence-corrected chi connectivity index (χ2v) is 7.99. The number of amides is 2. The topological polar surface area (TPSA) is 89.8 Å². The molecule has 1 aromatic heterocycles. The van der Waals surface area contributed by atoms with Gasteiger partial charge in [0.25, 0.3) is 5.91 Å². The second kappa shape index (κ2) is 10.6. The summed E-state index contributed by atoms with van der Waals surface area (Å²) < 4.78 is 15.8. The average Bonchev–Trinajstić information content (AvgIpc) is 3.31. The first-order chi connectivity index (χ1) is 15.0. The van der Waals surface area contributed by atoms with Crippen molar-refractivity contribution < 1.29 is 23.5 Å². The number of hydrogen-bond donors (Lipinski definition) is 2. The van der Waals surface area contributed by atoms with E-state index in [0.717, 1.165) is 4.90 Å². The summed E-state index contributed by atoms with van der Waals surface area (Å²) in [5, 5.41) is 5.24. The lowest BCUT2D eigenvalue weighted by molar-refractivity contribution is -0.115. The Morgan fingerprint density at radius 3 is 2.52 bits per heavy atom. The van der Waals surface area contributed by atoms with Crippen LogP contribution in [0, 0.1) is 0 Å². The van der Waals surface area contributed by atoms with Gasteiger partial charge in [0.05, 0.1) is 43.5 Å². The van der Waals surface area contributed by atoms with Crippen LogP contribution < -0.4 is 20.1 Å². The van der Waals surface area contributed by atoms with Gasteiger partial charge in [0, 0.05) is 4.90 Å². The molecule has 0 aliphatic heterocycles. The van der Waals surface area contributed by atoms with Gasteiger partial charge in [0.1, 0.15) is 5.76 Å². The lowest BCUT2D eigenvalue weighted by atomic mass is 10.1. The van der Waals surface area contributed by atoms with E-state index in [2.05, 4.69) is 10.6 Å². The molecule has 2 N–H and O–H groups in total. The molecule has 0 aliphatic carbocycles. The quantitative estimate of drug-likeness (QED) is 0.481. The number of carbonyl (C=O) groups is 2. The number of nitrogens with one attached hydrogen (secondary N) is 2. The van der Waals surface area contributed by atoms with E-state index < -0.39 is 5.25 Å². The molecule has 0 bridgehead atoms. The van der Waals surface area contributed by atoms with Crippen LogP contribution in [0.2, 0.25) is 0 Å². The van der Waals surface area contributed by atoms with Crippen LogP contribution in [0.1, 0.15) is 23.0 Å². The van der Waals surface area contributed by atoms with Crippen LogP contribution in [-0.2, 0) is 11.3 Å². The third kappa shape index (κ3) is 5.82. The zero-order chi connectivity index (χ0) is 22.2. The number of para-hydroxylation sites is 1. The number of hydrogen-bond acceptors (Lipinski definition) is 6. The Bertz CT molecular complexity index is 1040. The van der Waals surface area contributed by atoms with Gasteiger partial charge in [-0.3, -0.25) is 9.59 Å². The van der Waals surface area contributed by atoms with Crippen molar-refractivity contribution in [2.24, 2.45) is 0 Å². The van der Waals surface area contributed by atoms with Gasteiger partial charge in [0.15, 0.2) is 11.5 Å². The molecule has 0 spiro atoms. The molecule has 0 saturated heterocycles. The summed E-state index contributed by atoms with van der Waals surface area (Å²) in [5.41, 5.74) is 0.829. The minimum atomic E-state index is -0.405. The highest BCUT2D eigenvalue weighted by atomic mass is 32.2. The number of furan rings is 1. The Balaban J connectivity index is 1.65. The molecule has 162 valence electrons. The second-order valence-electron chi connectivity index (χ2n) is 6.57. The standard InChI is InChI=1S/C23H24N2O5S/c1-15(31-17-10-11-20(28-2)21(13-17)29-3)22(26)25-19-9-5-4-8-18(19)23(27)24-14-16-7-6-12-30-16/h4-13,15H,14H2,1-3H3,(H,24,27)(H,25,26). The van der Waals surface area contributed by atoms with Gasteiger partial charge < -0.3 is 24.5 Å². The summed E-state index contributed by atoms with van der Waals surface area (Å²) in [7, 11) is 3.14. The molecule has 0 saturated carbocycles. The summed E-state index contributed by atoms with van der Waals surface area (Å²) in [6, 6.07) is 15.9. The average molecular weight is 441 g/mol. The first-order valence-corrected chi connectivity index (χ1v) is 10.5. The summed E-state index contributed by atoms with van der Waals surface area (Å²) in [5.74, 6) is 1.35. The van der Waals surface area contributed by atoms with E-state index in [1.807, 2.05) is 12.1 Å². The van der Waals surface area contributed by atoms with E-state index in [1.165, 1.54) is 11.8 Å². The minimum absolute atomic E-state index is 0.217. The van der Waals surface area contributed by atoms with Crippen molar-refractivity contribution in [2.75, 3.05) is 19.5 Å². The van der Waals surface area contributed by atoms with E-state index >= 15 is 0 Å². The number of methoxy groups -OCH3 is 2. The molecule has 0 radical (unpaired) electrons. The molecule has 0 aliphatic rings. The highest BCUT2D eigenvalue weighted by molar-refractivity contribution is 8.00. The Labute approximate surface area is 185 Å². The molecule has 3 rings (SSSR count). The fourth-order valence-corrected chi connectivity index (χ4v) is 3.74. The Hall–Kier alpha value is -3.39. The number of ether oxygens (including phenoxy) is 2. The van der Waals surface area contributed by atoms with E-state index in [4.69, 9.17) is 13.9 Å². The van der Waals surface area contributed by atoms with E-state index in [-0.39, 0.29) is 18.4 Å². The van der Waals surface area contributed by atoms with Crippen molar-refractivity contribution in [1.82, 2.24) is 5.32 Å². The molecule has 7 nitrogen and oxygen atoms in total. The van der Waals surface area contributed by atoms with Gasteiger partial charge in [0.2, 0.25) is 5.91 Å². The Kier molecular flexibility index (Phi) is 7.61. The SMILES string of the molecule is COc1ccc(SC(C)C(=O)Nc2ccccc2C(=O)NCc2ccco2)cc1OC. The molecule has 8 heteroatoms. The molecule has 1 atom stereocenters. The van der Waals surface area contributed by atoms with Crippen LogP contribution in [0.3, 0.4) is 0 Å². The Morgan fingerprint density at radius 2 is 1.81 bits per heavy atom. The van der Waals surface area contributed by atoms with Gasteiger partial charge >= 0.3 is 0 Å². The summed E-state index contributed by atoms with van der Waals surface area (Å²) in [4.78, 5) is 26.2. The largest absolute Gasteiger partial charge is 0.493 e. The van der Waals surface area contributed by atoms with Crippen LogP contribution in [0.15, 0.2) is 70.2 Å². The van der Waals surface area contributed by atoms with Crippen molar-refractivity contribution in [3.05, 3.63) is 72.2 Å². The van der Waals surface area contributed by atoms with E-state index in [1.54, 1.807) is 69.9 Å². The maximum atomic E-state index is 12.8. The third-order valence-corrected chi connectivity index (χ3v) is 5.56. The van der Waals surface area contributed by atoms with Crippen molar-refractivity contribution >= 4 is 29.3 Å². The van der Waals surface area contributed by atoms with Crippen molar-refractivity contribution in [2.45, 2.75) is 23.6 Å². The van der Waals surface area contributed by atoms with Gasteiger partial charge in [-0.2, -0.15) is 0 Å². The van der Waals surface area contributed by atoms with Crippen LogP contribution >= 0.6 is 11.8 Å². The summed E-state index contributed by atoms with van der Waals surface area (Å²) in [6.45, 7) is 2.07. The lowest BCUT2D eigenvalue weighted by Crippen LogP contribution is -2.27. The van der Waals surface area contributed by atoms with E-state index in [9.17, 15) is 9.59 Å². The van der Waals surface area contributed by atoms with Gasteiger partial charge in [-0.15, -0.1) is 11.8 Å². The van der Waals surface area contributed by atoms with Crippen LogP contribution in [0.25, 0.3) is 0 Å². The van der Waals surface area contributed by atoms with Crippen LogP contribution in [0.5, 0.6) is 11.5 Å². The van der Waals surface area contributed by atoms with Crippen LogP contribution in [-0.4, -0.2) is 31.3 Å². The molecular formula is C23H24N2O5S.